The molecule has 0 bridgehead atoms. The van der Waals surface area contributed by atoms with Gasteiger partial charge in [-0.25, -0.2) is 9.97 Å². The quantitative estimate of drug-likeness (QED) is 0.127. The van der Waals surface area contributed by atoms with Crippen molar-refractivity contribution in [1.82, 2.24) is 34.5 Å². The van der Waals surface area contributed by atoms with Crippen molar-refractivity contribution in [3.63, 3.8) is 0 Å². The van der Waals surface area contributed by atoms with Crippen LogP contribution in [0.2, 0.25) is 10.0 Å². The molecule has 3 aliphatic heterocycles. The van der Waals surface area contributed by atoms with Crippen LogP contribution in [-0.2, 0) is 28.8 Å². The Morgan fingerprint density at radius 3 is 2.36 bits per heavy atom. The van der Waals surface area contributed by atoms with Crippen LogP contribution in [0, 0.1) is 5.92 Å². The first-order valence-electron chi connectivity index (χ1n) is 19.1. The number of carbonyl (C=O) groups excluding carboxylic acids is 2. The third kappa shape index (κ3) is 8.21. The Kier molecular flexibility index (Phi) is 11.3. The molecule has 2 fully saturated rings. The number of methoxy groups -OCH3 is 1. The van der Waals surface area contributed by atoms with E-state index in [0.717, 1.165) is 31.6 Å². The first kappa shape index (κ1) is 39.9. The van der Waals surface area contributed by atoms with Crippen molar-refractivity contribution in [3.8, 4) is 11.1 Å². The summed E-state index contributed by atoms with van der Waals surface area (Å²) in [5.41, 5.74) is 3.39. The Balaban J connectivity index is 1.02. The van der Waals surface area contributed by atoms with Gasteiger partial charge in [-0.2, -0.15) is 18.3 Å². The molecule has 13 nitrogen and oxygen atoms in total. The minimum atomic E-state index is -4.84. The second-order valence-electron chi connectivity index (χ2n) is 14.9. The predicted octanol–water partition coefficient (Wildman–Crippen LogP) is 7.50. The van der Waals surface area contributed by atoms with Crippen LogP contribution in [0.1, 0.15) is 65.7 Å². The van der Waals surface area contributed by atoms with Crippen molar-refractivity contribution >= 4 is 63.3 Å². The van der Waals surface area contributed by atoms with Crippen LogP contribution in [0.25, 0.3) is 22.2 Å². The number of aliphatic hydroxyl groups excluding tert-OH is 1. The zero-order chi connectivity index (χ0) is 40.7. The van der Waals surface area contributed by atoms with E-state index >= 15 is 0 Å². The number of amides is 1. The average Bonchev–Trinajstić information content (AvgIpc) is 3.84. The molecule has 0 unspecified atom stereocenters. The fourth-order valence-corrected chi connectivity index (χ4v) is 8.67. The molecule has 6 heterocycles. The second kappa shape index (κ2) is 16.4. The highest BCUT2D eigenvalue weighted by Crippen LogP contribution is 2.42. The number of piperidine rings is 1. The van der Waals surface area contributed by atoms with Gasteiger partial charge < -0.3 is 20.5 Å². The van der Waals surface area contributed by atoms with E-state index in [1.165, 1.54) is 7.11 Å². The normalized spacial score (nSPS) is 19.3. The lowest BCUT2D eigenvalue weighted by molar-refractivity contribution is -0.147. The zero-order valence-corrected chi connectivity index (χ0v) is 32.9. The van der Waals surface area contributed by atoms with Crippen LogP contribution in [0.5, 0.6) is 0 Å². The second-order valence-corrected chi connectivity index (χ2v) is 15.6. The average molecular weight is 839 g/mol. The summed E-state index contributed by atoms with van der Waals surface area (Å²) in [6.07, 6.45) is 0.130. The minimum Gasteiger partial charge on any atom is -0.469 e. The number of aryl methyl sites for hydroxylation is 1. The SMILES string of the molecule is COC(=O)C1CCN([C@H]2CCCn3nc(C(=O)Nc4cccc(-c5cccc(Nc6nc(C(F)(F)F)nc7cc(CN8CC[C@@H](O)C8)cnc67)c5Cl)c4Cl)cc32)CC1. The number of carbonyl (C=O) groups is 2. The van der Waals surface area contributed by atoms with Gasteiger partial charge in [0.05, 0.1) is 57.8 Å². The number of halogens is 5. The number of fused-ring (bicyclic) bond motifs is 2. The summed E-state index contributed by atoms with van der Waals surface area (Å²) in [6.45, 7) is 3.69. The maximum Gasteiger partial charge on any atom is 0.451 e. The third-order valence-electron chi connectivity index (χ3n) is 11.0. The molecule has 3 aromatic heterocycles. The van der Waals surface area contributed by atoms with Crippen molar-refractivity contribution in [2.45, 2.75) is 63.5 Å². The number of aliphatic hydroxyl groups is 1. The zero-order valence-electron chi connectivity index (χ0n) is 31.4. The van der Waals surface area contributed by atoms with Gasteiger partial charge in [0, 0.05) is 43.5 Å². The number of esters is 1. The molecule has 8 rings (SSSR count). The first-order valence-corrected chi connectivity index (χ1v) is 19.8. The highest BCUT2D eigenvalue weighted by Gasteiger charge is 2.37. The molecule has 1 amide bonds. The molecular weight excluding hydrogens is 798 g/mol. The smallest absolute Gasteiger partial charge is 0.451 e. The fraction of sp³-hybridized carbons (Fsp3) is 0.400. The number of nitrogens with one attached hydrogen (secondary N) is 2. The summed E-state index contributed by atoms with van der Waals surface area (Å²) in [5, 5.41) is 20.7. The highest BCUT2D eigenvalue weighted by molar-refractivity contribution is 6.39. The number of aromatic nitrogens is 5. The molecule has 0 saturated carbocycles. The van der Waals surface area contributed by atoms with Gasteiger partial charge in [0.15, 0.2) is 11.5 Å². The Bertz CT molecular complexity index is 2370. The van der Waals surface area contributed by atoms with E-state index in [-0.39, 0.29) is 56.2 Å². The van der Waals surface area contributed by atoms with Crippen LogP contribution in [-0.4, -0.2) is 90.9 Å². The van der Waals surface area contributed by atoms with Crippen LogP contribution in [0.15, 0.2) is 54.7 Å². The molecule has 0 aliphatic carbocycles. The van der Waals surface area contributed by atoms with Gasteiger partial charge in [-0.1, -0.05) is 47.5 Å². The molecule has 2 saturated heterocycles. The number of rotatable bonds is 9. The van der Waals surface area contributed by atoms with E-state index in [2.05, 4.69) is 35.6 Å². The van der Waals surface area contributed by atoms with Gasteiger partial charge in [0.2, 0.25) is 5.82 Å². The Morgan fingerprint density at radius 2 is 1.67 bits per heavy atom. The molecule has 3 N–H and O–H groups in total. The molecule has 2 atom stereocenters. The summed E-state index contributed by atoms with van der Waals surface area (Å²) in [4.78, 5) is 42.1. The maximum absolute atomic E-state index is 14.1. The summed E-state index contributed by atoms with van der Waals surface area (Å²) in [5.74, 6) is -2.27. The van der Waals surface area contributed by atoms with Crippen LogP contribution in [0.3, 0.4) is 0 Å². The summed E-state index contributed by atoms with van der Waals surface area (Å²) in [6, 6.07) is 13.5. The summed E-state index contributed by atoms with van der Waals surface area (Å²) >= 11 is 13.9. The molecule has 58 heavy (non-hydrogen) atoms. The summed E-state index contributed by atoms with van der Waals surface area (Å²) in [7, 11) is 1.41. The fourth-order valence-electron chi connectivity index (χ4n) is 8.12. The number of anilines is 3. The van der Waals surface area contributed by atoms with E-state index in [1.807, 2.05) is 15.6 Å². The lowest BCUT2D eigenvalue weighted by Crippen LogP contribution is -2.40. The number of alkyl halides is 3. The largest absolute Gasteiger partial charge is 0.469 e. The first-order chi connectivity index (χ1) is 27.9. The monoisotopic (exact) mass is 837 g/mol. The molecule has 304 valence electrons. The van der Waals surface area contributed by atoms with Crippen LogP contribution in [0.4, 0.5) is 30.4 Å². The van der Waals surface area contributed by atoms with Gasteiger partial charge in [0.25, 0.3) is 5.91 Å². The number of hydrogen-bond donors (Lipinski definition) is 3. The standard InChI is InChI=1S/C40H40Cl2F3N9O4/c1-58-38(57)23-10-15-53(16-11-23)31-9-4-13-54-32(31)18-30(51-54)37(56)48-28-8-3-6-26(34(28)42)25-5-2-7-27(33(25)41)47-36-35-29(49-39(50-36)40(43,44)45)17-22(19-46-35)20-52-14-12-24(55)21-52/h2-3,5-8,17-19,23-24,31,55H,4,9-16,20-21H2,1H3,(H,48,56)(H,47,49,50)/t24-,31+/m1/s1. The number of benzene rings is 2. The van der Waals surface area contributed by atoms with Gasteiger partial charge in [0.1, 0.15) is 5.52 Å². The lowest BCUT2D eigenvalue weighted by Gasteiger charge is -2.38. The topological polar surface area (TPSA) is 151 Å². The molecule has 18 heteroatoms. The maximum atomic E-state index is 14.1. The lowest BCUT2D eigenvalue weighted by atomic mass is 9.93. The summed E-state index contributed by atoms with van der Waals surface area (Å²) < 4.78 is 49.0. The molecule has 2 aromatic carbocycles. The number of hydrogen-bond acceptors (Lipinski definition) is 11. The van der Waals surface area contributed by atoms with Gasteiger partial charge in [-0.05, 0) is 75.0 Å². The highest BCUT2D eigenvalue weighted by atomic mass is 35.5. The Labute approximate surface area is 341 Å². The van der Waals surface area contributed by atoms with Gasteiger partial charge >= 0.3 is 12.1 Å². The van der Waals surface area contributed by atoms with Crippen molar-refractivity contribution in [3.05, 3.63) is 87.5 Å². The Hall–Kier alpha value is -4.87. The number of pyridine rings is 1. The number of nitrogens with zero attached hydrogens (tertiary/aromatic N) is 7. The van der Waals surface area contributed by atoms with Crippen molar-refractivity contribution in [2.24, 2.45) is 5.92 Å². The van der Waals surface area contributed by atoms with Gasteiger partial charge in [-0.3, -0.25) is 29.1 Å². The van der Waals surface area contributed by atoms with Crippen molar-refractivity contribution < 1.29 is 32.6 Å². The van der Waals surface area contributed by atoms with E-state index in [0.29, 0.717) is 67.8 Å². The molecule has 0 radical (unpaired) electrons. The van der Waals surface area contributed by atoms with E-state index in [9.17, 15) is 27.9 Å². The number of ether oxygens (including phenoxy) is 1. The predicted molar refractivity (Wildman–Crippen MR) is 212 cm³/mol. The van der Waals surface area contributed by atoms with E-state index in [4.69, 9.17) is 27.9 Å². The number of likely N-dealkylation sites (tertiary alicyclic amines) is 2. The van der Waals surface area contributed by atoms with Crippen LogP contribution >= 0.6 is 23.2 Å². The van der Waals surface area contributed by atoms with E-state index < -0.39 is 24.0 Å². The third-order valence-corrected chi connectivity index (χ3v) is 11.8. The minimum absolute atomic E-state index is 0.00445. The van der Waals surface area contributed by atoms with Crippen molar-refractivity contribution in [2.75, 3.05) is 43.9 Å². The molecular formula is C40H40Cl2F3N9O4. The molecule has 0 spiro atoms. The van der Waals surface area contributed by atoms with Crippen molar-refractivity contribution in [1.29, 1.82) is 0 Å². The Morgan fingerprint density at radius 1 is 0.948 bits per heavy atom. The van der Waals surface area contributed by atoms with Crippen LogP contribution < -0.4 is 10.6 Å². The molecule has 3 aliphatic rings. The number of β-amino-alcohol motifs (C(OH)–C–C–N with tert-alkyl or cyclic N) is 1. The van der Waals surface area contributed by atoms with E-state index in [1.54, 1.807) is 48.7 Å². The molecule has 5 aromatic rings. The van der Waals surface area contributed by atoms with Gasteiger partial charge in [-0.15, -0.1) is 0 Å².